The fourth-order valence-corrected chi connectivity index (χ4v) is 2.52. The van der Waals surface area contributed by atoms with E-state index < -0.39 is 0 Å². The predicted octanol–water partition coefficient (Wildman–Crippen LogP) is 2.68. The lowest BCUT2D eigenvalue weighted by Gasteiger charge is -2.24. The summed E-state index contributed by atoms with van der Waals surface area (Å²) in [4.78, 5) is 0. The van der Waals surface area contributed by atoms with Crippen LogP contribution in [-0.2, 0) is 11.2 Å². The molecule has 2 heteroatoms. The molecule has 17 heavy (non-hydrogen) atoms. The Balaban J connectivity index is 1.79. The van der Waals surface area contributed by atoms with Crippen molar-refractivity contribution < 1.29 is 4.74 Å². The third-order valence-corrected chi connectivity index (χ3v) is 3.60. The van der Waals surface area contributed by atoms with Gasteiger partial charge in [0.2, 0.25) is 0 Å². The number of rotatable bonds is 4. The van der Waals surface area contributed by atoms with E-state index in [2.05, 4.69) is 31.2 Å². The largest absolute Gasteiger partial charge is 0.381 e. The fourth-order valence-electron chi connectivity index (χ4n) is 2.52. The van der Waals surface area contributed by atoms with Gasteiger partial charge in [-0.15, -0.1) is 0 Å². The van der Waals surface area contributed by atoms with Crippen molar-refractivity contribution in [3.05, 3.63) is 35.4 Å². The van der Waals surface area contributed by atoms with Crippen molar-refractivity contribution in [2.75, 3.05) is 13.2 Å². The zero-order valence-electron chi connectivity index (χ0n) is 10.7. The van der Waals surface area contributed by atoms with Crippen LogP contribution >= 0.6 is 0 Å². The molecule has 1 heterocycles. The number of hydrogen-bond acceptors (Lipinski definition) is 2. The summed E-state index contributed by atoms with van der Waals surface area (Å²) in [6, 6.07) is 9.01. The number of benzene rings is 1. The van der Waals surface area contributed by atoms with Crippen molar-refractivity contribution in [1.82, 2.24) is 0 Å². The molecule has 1 aliphatic heterocycles. The number of hydrogen-bond donors (Lipinski definition) is 1. The molecule has 0 radical (unpaired) electrons. The molecule has 94 valence electrons. The first-order valence-electron chi connectivity index (χ1n) is 6.63. The Morgan fingerprint density at radius 1 is 1.24 bits per heavy atom. The molecular formula is C15H23NO. The van der Waals surface area contributed by atoms with E-state index in [-0.39, 0.29) is 0 Å². The van der Waals surface area contributed by atoms with Gasteiger partial charge in [0, 0.05) is 19.3 Å². The van der Waals surface area contributed by atoms with Gasteiger partial charge in [0.1, 0.15) is 0 Å². The van der Waals surface area contributed by atoms with Crippen LogP contribution in [0.1, 0.15) is 30.4 Å². The summed E-state index contributed by atoms with van der Waals surface area (Å²) >= 11 is 0. The topological polar surface area (TPSA) is 35.2 Å². The summed E-state index contributed by atoms with van der Waals surface area (Å²) < 4.78 is 5.37. The Bertz CT molecular complexity index is 327. The molecule has 0 saturated carbocycles. The average molecular weight is 233 g/mol. The lowest BCUT2D eigenvalue weighted by atomic mass is 9.90. The van der Waals surface area contributed by atoms with Crippen LogP contribution in [0.15, 0.2) is 24.3 Å². The van der Waals surface area contributed by atoms with E-state index in [4.69, 9.17) is 10.5 Å². The number of aryl methyl sites for hydroxylation is 1. The second-order valence-corrected chi connectivity index (χ2v) is 5.24. The van der Waals surface area contributed by atoms with E-state index in [1.165, 1.54) is 24.0 Å². The Hall–Kier alpha value is -0.860. The first-order chi connectivity index (χ1) is 8.24. The maximum absolute atomic E-state index is 6.23. The van der Waals surface area contributed by atoms with Gasteiger partial charge in [-0.1, -0.05) is 29.8 Å². The molecule has 0 aliphatic carbocycles. The molecule has 0 spiro atoms. The van der Waals surface area contributed by atoms with Gasteiger partial charge in [0.25, 0.3) is 0 Å². The summed E-state index contributed by atoms with van der Waals surface area (Å²) in [6.07, 6.45) is 4.50. The highest BCUT2D eigenvalue weighted by molar-refractivity contribution is 5.21. The zero-order chi connectivity index (χ0) is 12.1. The lowest BCUT2D eigenvalue weighted by molar-refractivity contribution is 0.0619. The van der Waals surface area contributed by atoms with Gasteiger partial charge >= 0.3 is 0 Å². The molecule has 1 saturated heterocycles. The second-order valence-electron chi connectivity index (χ2n) is 5.24. The van der Waals surface area contributed by atoms with Crippen LogP contribution in [0.2, 0.25) is 0 Å². The number of nitrogens with two attached hydrogens (primary N) is 1. The monoisotopic (exact) mass is 233 g/mol. The highest BCUT2D eigenvalue weighted by atomic mass is 16.5. The van der Waals surface area contributed by atoms with Gasteiger partial charge in [-0.25, -0.2) is 0 Å². The maximum atomic E-state index is 6.23. The molecule has 0 aromatic heterocycles. The van der Waals surface area contributed by atoms with Crippen LogP contribution in [0.3, 0.4) is 0 Å². The summed E-state index contributed by atoms with van der Waals surface area (Å²) in [6.45, 7) is 3.95. The van der Waals surface area contributed by atoms with Crippen molar-refractivity contribution in [2.24, 2.45) is 11.7 Å². The minimum Gasteiger partial charge on any atom is -0.381 e. The van der Waals surface area contributed by atoms with E-state index in [0.717, 1.165) is 32.0 Å². The molecule has 1 aliphatic rings. The van der Waals surface area contributed by atoms with Gasteiger partial charge in [-0.2, -0.15) is 0 Å². The average Bonchev–Trinajstić information content (AvgIpc) is 2.33. The first kappa shape index (κ1) is 12.6. The van der Waals surface area contributed by atoms with Crippen LogP contribution < -0.4 is 5.73 Å². The summed E-state index contributed by atoms with van der Waals surface area (Å²) in [5.41, 5.74) is 8.90. The molecule has 1 fully saturated rings. The van der Waals surface area contributed by atoms with E-state index in [9.17, 15) is 0 Å². The Morgan fingerprint density at radius 3 is 2.53 bits per heavy atom. The van der Waals surface area contributed by atoms with Crippen LogP contribution in [-0.4, -0.2) is 19.3 Å². The van der Waals surface area contributed by atoms with Crippen LogP contribution in [0, 0.1) is 12.8 Å². The molecule has 1 atom stereocenters. The van der Waals surface area contributed by atoms with Crippen molar-refractivity contribution in [3.8, 4) is 0 Å². The Morgan fingerprint density at radius 2 is 1.88 bits per heavy atom. The van der Waals surface area contributed by atoms with Gasteiger partial charge in [0.05, 0.1) is 0 Å². The third kappa shape index (κ3) is 4.14. The molecule has 2 N–H and O–H groups in total. The third-order valence-electron chi connectivity index (χ3n) is 3.60. The standard InChI is InChI=1S/C15H23NO/c1-12-2-4-13(5-3-12)10-15(16)11-14-6-8-17-9-7-14/h2-5,14-15H,6-11,16H2,1H3. The fraction of sp³-hybridized carbons (Fsp3) is 0.600. The van der Waals surface area contributed by atoms with E-state index in [0.29, 0.717) is 6.04 Å². The van der Waals surface area contributed by atoms with Crippen molar-refractivity contribution in [3.63, 3.8) is 0 Å². The summed E-state index contributed by atoms with van der Waals surface area (Å²) in [5.74, 6) is 0.768. The molecule has 1 unspecified atom stereocenters. The quantitative estimate of drug-likeness (QED) is 0.867. The molecule has 1 aromatic carbocycles. The van der Waals surface area contributed by atoms with Gasteiger partial charge in [-0.05, 0) is 44.1 Å². The highest BCUT2D eigenvalue weighted by Crippen LogP contribution is 2.20. The summed E-state index contributed by atoms with van der Waals surface area (Å²) in [5, 5.41) is 0. The SMILES string of the molecule is Cc1ccc(CC(N)CC2CCOCC2)cc1. The van der Waals surface area contributed by atoms with Crippen molar-refractivity contribution >= 4 is 0 Å². The van der Waals surface area contributed by atoms with E-state index >= 15 is 0 Å². The Kier molecular flexibility index (Phi) is 4.57. The molecule has 1 aromatic rings. The van der Waals surface area contributed by atoms with Crippen LogP contribution in [0.25, 0.3) is 0 Å². The Labute approximate surface area is 104 Å². The summed E-state index contributed by atoms with van der Waals surface area (Å²) in [7, 11) is 0. The normalized spacial score (nSPS) is 19.2. The zero-order valence-corrected chi connectivity index (χ0v) is 10.7. The molecule has 0 bridgehead atoms. The van der Waals surface area contributed by atoms with Crippen molar-refractivity contribution in [2.45, 2.75) is 38.6 Å². The number of ether oxygens (including phenoxy) is 1. The highest BCUT2D eigenvalue weighted by Gasteiger charge is 2.17. The molecule has 2 rings (SSSR count). The van der Waals surface area contributed by atoms with Crippen LogP contribution in [0.5, 0.6) is 0 Å². The van der Waals surface area contributed by atoms with Crippen LogP contribution in [0.4, 0.5) is 0 Å². The lowest BCUT2D eigenvalue weighted by Crippen LogP contribution is -2.28. The second kappa shape index (κ2) is 6.18. The maximum Gasteiger partial charge on any atom is 0.0468 e. The smallest absolute Gasteiger partial charge is 0.0468 e. The molecular weight excluding hydrogens is 210 g/mol. The van der Waals surface area contributed by atoms with Gasteiger partial charge in [0.15, 0.2) is 0 Å². The molecule has 2 nitrogen and oxygen atoms in total. The first-order valence-corrected chi connectivity index (χ1v) is 6.63. The van der Waals surface area contributed by atoms with E-state index in [1.807, 2.05) is 0 Å². The minimum absolute atomic E-state index is 0.292. The van der Waals surface area contributed by atoms with Crippen molar-refractivity contribution in [1.29, 1.82) is 0 Å². The van der Waals surface area contributed by atoms with Gasteiger partial charge < -0.3 is 10.5 Å². The van der Waals surface area contributed by atoms with E-state index in [1.54, 1.807) is 0 Å². The van der Waals surface area contributed by atoms with Gasteiger partial charge in [-0.3, -0.25) is 0 Å². The molecule has 0 amide bonds. The predicted molar refractivity (Wildman–Crippen MR) is 71.0 cm³/mol. The minimum atomic E-state index is 0.292.